The van der Waals surface area contributed by atoms with E-state index in [0.717, 1.165) is 18.4 Å². The van der Waals surface area contributed by atoms with Gasteiger partial charge in [0.15, 0.2) is 0 Å². The summed E-state index contributed by atoms with van der Waals surface area (Å²) in [6.07, 6.45) is 8.54. The van der Waals surface area contributed by atoms with Gasteiger partial charge in [-0.1, -0.05) is 12.8 Å². The molecule has 2 rings (SSSR count). The topological polar surface area (TPSA) is 21.3 Å². The molecule has 2 nitrogen and oxygen atoms in total. The number of hydrogen-bond donors (Lipinski definition) is 1. The predicted octanol–water partition coefficient (Wildman–Crippen LogP) is 2.58. The number of rotatable bonds is 6. The van der Waals surface area contributed by atoms with E-state index in [0.29, 0.717) is 12.1 Å². The Morgan fingerprint density at radius 1 is 1.13 bits per heavy atom. The van der Waals surface area contributed by atoms with E-state index < -0.39 is 0 Å². The molecule has 0 aliphatic heterocycles. The molecule has 88 valence electrons. The maximum atomic E-state index is 5.31. The second-order valence-electron chi connectivity index (χ2n) is 5.40. The van der Waals surface area contributed by atoms with E-state index in [4.69, 9.17) is 4.74 Å². The van der Waals surface area contributed by atoms with Crippen molar-refractivity contribution in [3.8, 4) is 0 Å². The van der Waals surface area contributed by atoms with Crippen molar-refractivity contribution in [3.05, 3.63) is 0 Å². The normalized spacial score (nSPS) is 26.8. The third kappa shape index (κ3) is 3.18. The van der Waals surface area contributed by atoms with Gasteiger partial charge in [-0.05, 0) is 44.4 Å². The maximum absolute atomic E-state index is 5.31. The third-order valence-electron chi connectivity index (χ3n) is 4.12. The first-order valence-electron chi connectivity index (χ1n) is 6.56. The summed E-state index contributed by atoms with van der Waals surface area (Å²) in [5, 5.41) is 3.80. The second-order valence-corrected chi connectivity index (χ2v) is 5.40. The van der Waals surface area contributed by atoms with Crippen molar-refractivity contribution in [2.45, 2.75) is 57.5 Å². The highest BCUT2D eigenvalue weighted by atomic mass is 16.5. The van der Waals surface area contributed by atoms with Crippen LogP contribution >= 0.6 is 0 Å². The fourth-order valence-corrected chi connectivity index (χ4v) is 2.93. The Kier molecular flexibility index (Phi) is 4.04. The number of hydrogen-bond acceptors (Lipinski definition) is 2. The van der Waals surface area contributed by atoms with Crippen LogP contribution in [0, 0.1) is 11.8 Å². The zero-order valence-electron chi connectivity index (χ0n) is 10.2. The van der Waals surface area contributed by atoms with Gasteiger partial charge in [-0.2, -0.15) is 0 Å². The lowest BCUT2D eigenvalue weighted by Crippen LogP contribution is -2.44. The van der Waals surface area contributed by atoms with E-state index in [1.165, 1.54) is 38.5 Å². The maximum Gasteiger partial charge on any atom is 0.0618 e. The minimum atomic E-state index is 0.616. The van der Waals surface area contributed by atoms with Gasteiger partial charge in [-0.3, -0.25) is 0 Å². The minimum absolute atomic E-state index is 0.616. The first kappa shape index (κ1) is 11.4. The first-order valence-corrected chi connectivity index (χ1v) is 6.56. The molecular weight excluding hydrogens is 186 g/mol. The zero-order chi connectivity index (χ0) is 10.7. The van der Waals surface area contributed by atoms with Crippen LogP contribution in [-0.2, 0) is 4.74 Å². The first-order chi connectivity index (χ1) is 7.31. The highest BCUT2D eigenvalue weighted by molar-refractivity contribution is 4.89. The molecule has 0 radical (unpaired) electrons. The van der Waals surface area contributed by atoms with Crippen molar-refractivity contribution in [2.75, 3.05) is 13.7 Å². The number of nitrogens with one attached hydrogen (secondary N) is 1. The Morgan fingerprint density at radius 3 is 2.33 bits per heavy atom. The van der Waals surface area contributed by atoms with E-state index in [-0.39, 0.29) is 0 Å². The van der Waals surface area contributed by atoms with Crippen LogP contribution in [0.1, 0.15) is 45.4 Å². The summed E-state index contributed by atoms with van der Waals surface area (Å²) in [5.74, 6) is 1.82. The Bertz CT molecular complexity index is 185. The van der Waals surface area contributed by atoms with Gasteiger partial charge in [0, 0.05) is 19.2 Å². The molecule has 1 unspecified atom stereocenters. The molecule has 2 fully saturated rings. The molecule has 2 atom stereocenters. The molecule has 2 saturated carbocycles. The standard InChI is InChI=1S/C13H25NO/c1-10(11-5-3-4-6-11)14-13(9-15-2)12-7-8-12/h10-14H,3-9H2,1-2H3/t10-,13?/m0/s1. The zero-order valence-corrected chi connectivity index (χ0v) is 10.2. The van der Waals surface area contributed by atoms with E-state index >= 15 is 0 Å². The van der Waals surface area contributed by atoms with Crippen LogP contribution in [0.5, 0.6) is 0 Å². The lowest BCUT2D eigenvalue weighted by molar-refractivity contribution is 0.146. The number of methoxy groups -OCH3 is 1. The summed E-state index contributed by atoms with van der Waals surface area (Å²) in [5.41, 5.74) is 0. The van der Waals surface area contributed by atoms with Crippen molar-refractivity contribution >= 4 is 0 Å². The van der Waals surface area contributed by atoms with Gasteiger partial charge in [0.05, 0.1) is 6.61 Å². The lowest BCUT2D eigenvalue weighted by atomic mass is 9.98. The van der Waals surface area contributed by atoms with Crippen molar-refractivity contribution in [1.29, 1.82) is 0 Å². The fourth-order valence-electron chi connectivity index (χ4n) is 2.93. The SMILES string of the molecule is COCC(N[C@@H](C)C1CCCC1)C1CC1. The predicted molar refractivity (Wildman–Crippen MR) is 62.9 cm³/mol. The number of ether oxygens (including phenoxy) is 1. The van der Waals surface area contributed by atoms with E-state index in [1.54, 1.807) is 0 Å². The summed E-state index contributed by atoms with van der Waals surface area (Å²) in [6.45, 7) is 3.25. The molecule has 2 aliphatic rings. The third-order valence-corrected chi connectivity index (χ3v) is 4.12. The van der Waals surface area contributed by atoms with E-state index in [1.807, 2.05) is 7.11 Å². The Balaban J connectivity index is 1.76. The van der Waals surface area contributed by atoms with E-state index in [9.17, 15) is 0 Å². The molecular formula is C13H25NO. The lowest BCUT2D eigenvalue weighted by Gasteiger charge is -2.26. The highest BCUT2D eigenvalue weighted by Crippen LogP contribution is 2.34. The molecule has 0 aromatic rings. The molecule has 0 saturated heterocycles. The summed E-state index contributed by atoms with van der Waals surface area (Å²) < 4.78 is 5.31. The Labute approximate surface area is 93.8 Å². The fraction of sp³-hybridized carbons (Fsp3) is 1.00. The van der Waals surface area contributed by atoms with Crippen LogP contribution in [0.4, 0.5) is 0 Å². The Morgan fingerprint density at radius 2 is 1.80 bits per heavy atom. The monoisotopic (exact) mass is 211 g/mol. The van der Waals surface area contributed by atoms with Crippen LogP contribution in [0.3, 0.4) is 0 Å². The molecule has 0 amide bonds. The van der Waals surface area contributed by atoms with Gasteiger partial charge in [0.2, 0.25) is 0 Å². The van der Waals surface area contributed by atoms with Crippen LogP contribution in [0.25, 0.3) is 0 Å². The second kappa shape index (κ2) is 5.31. The molecule has 15 heavy (non-hydrogen) atoms. The molecule has 0 heterocycles. The van der Waals surface area contributed by atoms with Crippen LogP contribution in [0.15, 0.2) is 0 Å². The molecule has 0 spiro atoms. The average molecular weight is 211 g/mol. The molecule has 2 aliphatic carbocycles. The summed E-state index contributed by atoms with van der Waals surface area (Å²) in [6, 6.07) is 1.30. The quantitative estimate of drug-likeness (QED) is 0.729. The van der Waals surface area contributed by atoms with Crippen molar-refractivity contribution in [3.63, 3.8) is 0 Å². The van der Waals surface area contributed by atoms with Crippen LogP contribution < -0.4 is 5.32 Å². The van der Waals surface area contributed by atoms with Gasteiger partial charge >= 0.3 is 0 Å². The van der Waals surface area contributed by atoms with Gasteiger partial charge in [-0.25, -0.2) is 0 Å². The molecule has 1 N–H and O–H groups in total. The average Bonchev–Trinajstić information content (AvgIpc) is 2.92. The summed E-state index contributed by atoms with van der Waals surface area (Å²) >= 11 is 0. The van der Waals surface area contributed by atoms with Crippen molar-refractivity contribution in [2.24, 2.45) is 11.8 Å². The van der Waals surface area contributed by atoms with Gasteiger partial charge < -0.3 is 10.1 Å². The van der Waals surface area contributed by atoms with Crippen LogP contribution in [0.2, 0.25) is 0 Å². The molecule has 0 bridgehead atoms. The summed E-state index contributed by atoms with van der Waals surface area (Å²) in [4.78, 5) is 0. The van der Waals surface area contributed by atoms with Gasteiger partial charge in [-0.15, -0.1) is 0 Å². The summed E-state index contributed by atoms with van der Waals surface area (Å²) in [7, 11) is 1.82. The van der Waals surface area contributed by atoms with Crippen molar-refractivity contribution in [1.82, 2.24) is 5.32 Å². The highest BCUT2D eigenvalue weighted by Gasteiger charge is 2.33. The molecule has 0 aromatic carbocycles. The van der Waals surface area contributed by atoms with Crippen LogP contribution in [-0.4, -0.2) is 25.8 Å². The molecule has 2 heteroatoms. The van der Waals surface area contributed by atoms with Gasteiger partial charge in [0.1, 0.15) is 0 Å². The van der Waals surface area contributed by atoms with E-state index in [2.05, 4.69) is 12.2 Å². The molecule has 0 aromatic heterocycles. The smallest absolute Gasteiger partial charge is 0.0618 e. The Hall–Kier alpha value is -0.0800. The van der Waals surface area contributed by atoms with Gasteiger partial charge in [0.25, 0.3) is 0 Å². The minimum Gasteiger partial charge on any atom is -0.383 e. The van der Waals surface area contributed by atoms with Crippen molar-refractivity contribution < 1.29 is 4.74 Å². The largest absolute Gasteiger partial charge is 0.383 e.